The Morgan fingerprint density at radius 3 is 2.84 bits per heavy atom. The number of nitrogens with zero attached hydrogens (tertiary/aromatic N) is 5. The highest BCUT2D eigenvalue weighted by Crippen LogP contribution is 2.23. The summed E-state index contributed by atoms with van der Waals surface area (Å²) in [6.07, 6.45) is 4.37. The van der Waals surface area contributed by atoms with Crippen molar-refractivity contribution in [2.24, 2.45) is 0 Å². The van der Waals surface area contributed by atoms with Gasteiger partial charge in [-0.2, -0.15) is 5.10 Å². The van der Waals surface area contributed by atoms with E-state index in [0.29, 0.717) is 0 Å². The first-order valence-corrected chi connectivity index (χ1v) is 9.39. The van der Waals surface area contributed by atoms with Crippen LogP contribution < -0.4 is 0 Å². The normalized spacial score (nSPS) is 16.8. The van der Waals surface area contributed by atoms with Gasteiger partial charge in [-0.1, -0.05) is 6.07 Å². The summed E-state index contributed by atoms with van der Waals surface area (Å²) >= 11 is 1.74. The lowest BCUT2D eigenvalue weighted by atomic mass is 10.2. The molecule has 25 heavy (non-hydrogen) atoms. The molecule has 0 saturated carbocycles. The second kappa shape index (κ2) is 7.43. The van der Waals surface area contributed by atoms with Crippen LogP contribution in [0.2, 0.25) is 0 Å². The lowest BCUT2D eigenvalue weighted by molar-refractivity contribution is 0.0178. The number of rotatable bonds is 5. The first kappa shape index (κ1) is 16.4. The van der Waals surface area contributed by atoms with E-state index in [0.717, 1.165) is 50.1 Å². The molecule has 0 spiro atoms. The van der Waals surface area contributed by atoms with Crippen LogP contribution in [0, 0.1) is 0 Å². The number of hydrogen-bond acceptors (Lipinski definition) is 6. The summed E-state index contributed by atoms with van der Waals surface area (Å²) in [4.78, 5) is 12.8. The third-order valence-corrected chi connectivity index (χ3v) is 5.32. The number of pyridine rings is 1. The van der Waals surface area contributed by atoms with Crippen LogP contribution in [0.15, 0.2) is 42.0 Å². The molecule has 6 nitrogen and oxygen atoms in total. The summed E-state index contributed by atoms with van der Waals surface area (Å²) in [6, 6.07) is 8.31. The zero-order valence-electron chi connectivity index (χ0n) is 14.2. The van der Waals surface area contributed by atoms with E-state index in [1.54, 1.807) is 17.5 Å². The summed E-state index contributed by atoms with van der Waals surface area (Å²) in [5, 5.41) is 6.87. The topological polar surface area (TPSA) is 56.1 Å². The SMILES string of the molecule is C[C@@H](c1nc(Cc2cccs2)nn1-c1cccnc1)N1CCOCC1. The summed E-state index contributed by atoms with van der Waals surface area (Å²) in [6.45, 7) is 5.57. The van der Waals surface area contributed by atoms with Gasteiger partial charge in [-0.25, -0.2) is 9.67 Å². The van der Waals surface area contributed by atoms with Crippen molar-refractivity contribution >= 4 is 11.3 Å². The van der Waals surface area contributed by atoms with Gasteiger partial charge in [0.2, 0.25) is 0 Å². The Morgan fingerprint density at radius 2 is 2.12 bits per heavy atom. The maximum atomic E-state index is 5.48. The lowest BCUT2D eigenvalue weighted by Gasteiger charge is -2.31. The molecule has 3 aromatic rings. The Hall–Kier alpha value is -2.09. The van der Waals surface area contributed by atoms with E-state index in [9.17, 15) is 0 Å². The molecule has 4 heterocycles. The third kappa shape index (κ3) is 3.63. The predicted octanol–water partition coefficient (Wildman–Crippen LogP) is 2.71. The first-order valence-electron chi connectivity index (χ1n) is 8.51. The molecule has 4 rings (SSSR count). The Bertz CT molecular complexity index is 796. The van der Waals surface area contributed by atoms with Crippen LogP contribution in [0.1, 0.15) is 29.5 Å². The minimum Gasteiger partial charge on any atom is -0.379 e. The summed E-state index contributed by atoms with van der Waals surface area (Å²) in [5.41, 5.74) is 0.947. The van der Waals surface area contributed by atoms with Crippen molar-refractivity contribution < 1.29 is 4.74 Å². The largest absolute Gasteiger partial charge is 0.379 e. The van der Waals surface area contributed by atoms with Crippen molar-refractivity contribution in [2.75, 3.05) is 26.3 Å². The molecule has 1 fully saturated rings. The van der Waals surface area contributed by atoms with Crippen LogP contribution in [0.3, 0.4) is 0 Å². The minimum atomic E-state index is 0.175. The van der Waals surface area contributed by atoms with E-state index >= 15 is 0 Å². The quantitative estimate of drug-likeness (QED) is 0.704. The average Bonchev–Trinajstić information content (AvgIpc) is 3.33. The Kier molecular flexibility index (Phi) is 4.87. The first-order chi connectivity index (χ1) is 12.3. The number of aromatic nitrogens is 4. The summed E-state index contributed by atoms with van der Waals surface area (Å²) < 4.78 is 7.42. The van der Waals surface area contributed by atoms with Crippen molar-refractivity contribution in [2.45, 2.75) is 19.4 Å². The fraction of sp³-hybridized carbons (Fsp3) is 0.389. The molecule has 1 saturated heterocycles. The van der Waals surface area contributed by atoms with Crippen LogP contribution in [-0.2, 0) is 11.2 Å². The number of thiophene rings is 1. The van der Waals surface area contributed by atoms with Gasteiger partial charge in [0.25, 0.3) is 0 Å². The van der Waals surface area contributed by atoms with Gasteiger partial charge in [0, 0.05) is 30.6 Å². The van der Waals surface area contributed by atoms with Crippen LogP contribution >= 0.6 is 11.3 Å². The number of ether oxygens (including phenoxy) is 1. The molecule has 1 atom stereocenters. The molecule has 3 aromatic heterocycles. The molecule has 0 aliphatic carbocycles. The number of morpholine rings is 1. The Balaban J connectivity index is 1.68. The molecule has 0 N–H and O–H groups in total. The van der Waals surface area contributed by atoms with Gasteiger partial charge in [0.1, 0.15) is 5.82 Å². The molecule has 130 valence electrons. The van der Waals surface area contributed by atoms with E-state index in [2.05, 4.69) is 34.3 Å². The second-order valence-electron chi connectivity index (χ2n) is 6.09. The second-order valence-corrected chi connectivity index (χ2v) is 7.12. The van der Waals surface area contributed by atoms with E-state index in [4.69, 9.17) is 14.8 Å². The van der Waals surface area contributed by atoms with Gasteiger partial charge < -0.3 is 4.74 Å². The Morgan fingerprint density at radius 1 is 1.24 bits per heavy atom. The standard InChI is InChI=1S/C18H21N5OS/c1-14(22-7-9-24-10-8-22)18-20-17(12-16-5-3-11-25-16)21-23(18)15-4-2-6-19-13-15/h2-6,11,13-14H,7-10,12H2,1H3/t14-/m0/s1. The highest BCUT2D eigenvalue weighted by atomic mass is 32.1. The van der Waals surface area contributed by atoms with Crippen LogP contribution in [0.25, 0.3) is 5.69 Å². The van der Waals surface area contributed by atoms with E-state index in [1.165, 1.54) is 4.88 Å². The molecule has 7 heteroatoms. The Labute approximate surface area is 151 Å². The predicted molar refractivity (Wildman–Crippen MR) is 97.1 cm³/mol. The van der Waals surface area contributed by atoms with Gasteiger partial charge in [-0.3, -0.25) is 9.88 Å². The van der Waals surface area contributed by atoms with E-state index < -0.39 is 0 Å². The molecule has 0 radical (unpaired) electrons. The summed E-state index contributed by atoms with van der Waals surface area (Å²) in [5.74, 6) is 1.81. The molecular formula is C18H21N5OS. The van der Waals surface area contributed by atoms with Crippen molar-refractivity contribution in [1.29, 1.82) is 0 Å². The highest BCUT2D eigenvalue weighted by molar-refractivity contribution is 7.09. The monoisotopic (exact) mass is 355 g/mol. The van der Waals surface area contributed by atoms with Crippen molar-refractivity contribution in [3.05, 3.63) is 58.6 Å². The van der Waals surface area contributed by atoms with Crippen molar-refractivity contribution in [3.8, 4) is 5.69 Å². The van der Waals surface area contributed by atoms with Gasteiger partial charge in [0.15, 0.2) is 5.82 Å². The number of hydrogen-bond donors (Lipinski definition) is 0. The van der Waals surface area contributed by atoms with Crippen molar-refractivity contribution in [3.63, 3.8) is 0 Å². The fourth-order valence-electron chi connectivity index (χ4n) is 3.08. The third-order valence-electron chi connectivity index (χ3n) is 4.45. The highest BCUT2D eigenvalue weighted by Gasteiger charge is 2.25. The molecule has 1 aliphatic rings. The van der Waals surface area contributed by atoms with Gasteiger partial charge in [-0.05, 0) is 30.5 Å². The van der Waals surface area contributed by atoms with Crippen LogP contribution in [0.4, 0.5) is 0 Å². The van der Waals surface area contributed by atoms with Gasteiger partial charge >= 0.3 is 0 Å². The molecule has 0 bridgehead atoms. The van der Waals surface area contributed by atoms with Crippen molar-refractivity contribution in [1.82, 2.24) is 24.6 Å². The molecular weight excluding hydrogens is 334 g/mol. The minimum absolute atomic E-state index is 0.175. The molecule has 0 aromatic carbocycles. The van der Waals surface area contributed by atoms with Crippen LogP contribution in [-0.4, -0.2) is 51.0 Å². The zero-order valence-corrected chi connectivity index (χ0v) is 15.0. The average molecular weight is 355 g/mol. The lowest BCUT2D eigenvalue weighted by Crippen LogP contribution is -2.38. The maximum Gasteiger partial charge on any atom is 0.156 e. The summed E-state index contributed by atoms with van der Waals surface area (Å²) in [7, 11) is 0. The smallest absolute Gasteiger partial charge is 0.156 e. The van der Waals surface area contributed by atoms with E-state index in [1.807, 2.05) is 23.0 Å². The zero-order chi connectivity index (χ0) is 17.1. The van der Waals surface area contributed by atoms with Gasteiger partial charge in [-0.15, -0.1) is 11.3 Å². The maximum absolute atomic E-state index is 5.48. The van der Waals surface area contributed by atoms with E-state index in [-0.39, 0.29) is 6.04 Å². The molecule has 0 amide bonds. The molecule has 1 aliphatic heterocycles. The van der Waals surface area contributed by atoms with Gasteiger partial charge in [0.05, 0.1) is 31.1 Å². The molecule has 0 unspecified atom stereocenters. The fourth-order valence-corrected chi connectivity index (χ4v) is 3.78. The van der Waals surface area contributed by atoms with Crippen LogP contribution in [0.5, 0.6) is 0 Å².